The maximum atomic E-state index is 13.3. The summed E-state index contributed by atoms with van der Waals surface area (Å²) in [4.78, 5) is 13.3. The topological polar surface area (TPSA) is 48.7 Å². The maximum absolute atomic E-state index is 13.3. The molecule has 0 fully saturated rings. The quantitative estimate of drug-likeness (QED) is 0.114. The van der Waals surface area contributed by atoms with Crippen LogP contribution in [0.3, 0.4) is 0 Å². The molecule has 2 aromatic carbocycles. The zero-order valence-electron chi connectivity index (χ0n) is 26.0. The third kappa shape index (κ3) is 11.9. The molecule has 0 atom stereocenters. The van der Waals surface area contributed by atoms with E-state index in [9.17, 15) is 18.0 Å². The van der Waals surface area contributed by atoms with Crippen molar-refractivity contribution in [3.05, 3.63) is 58.3 Å². The van der Waals surface area contributed by atoms with Crippen LogP contribution in [-0.4, -0.2) is 13.2 Å². The fourth-order valence-corrected chi connectivity index (χ4v) is 5.24. The van der Waals surface area contributed by atoms with Gasteiger partial charge in [0.25, 0.3) is 0 Å². The summed E-state index contributed by atoms with van der Waals surface area (Å²) >= 11 is 0. The van der Waals surface area contributed by atoms with E-state index >= 15 is 0 Å². The molecule has 0 N–H and O–H groups in total. The van der Waals surface area contributed by atoms with Gasteiger partial charge in [-0.2, -0.15) is 13.2 Å². The van der Waals surface area contributed by atoms with Crippen LogP contribution in [0.5, 0.6) is 11.5 Å². The Kier molecular flexibility index (Phi) is 15.0. The molecule has 1 heterocycles. The van der Waals surface area contributed by atoms with Crippen LogP contribution in [0.2, 0.25) is 0 Å². The lowest BCUT2D eigenvalue weighted by Crippen LogP contribution is -2.07. The highest BCUT2D eigenvalue weighted by molar-refractivity contribution is 5.86. The summed E-state index contributed by atoms with van der Waals surface area (Å²) in [6.45, 7) is 5.46. The van der Waals surface area contributed by atoms with Crippen LogP contribution in [0, 0.1) is 0 Å². The summed E-state index contributed by atoms with van der Waals surface area (Å²) in [5, 5.41) is 0.314. The van der Waals surface area contributed by atoms with Crippen LogP contribution >= 0.6 is 0 Å². The molecule has 0 saturated heterocycles. The second kappa shape index (κ2) is 18.6. The highest BCUT2D eigenvalue weighted by atomic mass is 19.4. The molecule has 0 saturated carbocycles. The molecule has 0 spiro atoms. The van der Waals surface area contributed by atoms with Crippen molar-refractivity contribution in [3.63, 3.8) is 0 Å². The number of hydrogen-bond donors (Lipinski definition) is 0. The minimum atomic E-state index is -4.44. The molecule has 0 unspecified atom stereocenters. The summed E-state index contributed by atoms with van der Waals surface area (Å²) in [5.74, 6) is 1.16. The van der Waals surface area contributed by atoms with E-state index in [4.69, 9.17) is 13.9 Å². The molecule has 3 aromatic rings. The third-order valence-electron chi connectivity index (χ3n) is 7.79. The molecule has 1 aromatic heterocycles. The standard InChI is InChI=1S/C36H49F3O4/c1-3-5-7-9-11-13-15-17-23-41-30-25-33(42-24-18-16-14-12-10-8-6-4-2)35-31(40)27-32(43-34(35)26-30)28-19-21-29(22-20-28)36(37,38)39/h19-22,25-27H,3-18,23-24H2,1-2H3. The molecule has 0 aliphatic rings. The van der Waals surface area contributed by atoms with Gasteiger partial charge in [-0.25, -0.2) is 0 Å². The number of unbranched alkanes of at least 4 members (excludes halogenated alkanes) is 14. The zero-order chi connectivity index (χ0) is 30.9. The van der Waals surface area contributed by atoms with Gasteiger partial charge < -0.3 is 13.9 Å². The van der Waals surface area contributed by atoms with Gasteiger partial charge in [-0.05, 0) is 25.0 Å². The van der Waals surface area contributed by atoms with Crippen LogP contribution in [0.1, 0.15) is 122 Å². The minimum Gasteiger partial charge on any atom is -0.493 e. The van der Waals surface area contributed by atoms with Gasteiger partial charge in [-0.1, -0.05) is 116 Å². The lowest BCUT2D eigenvalue weighted by molar-refractivity contribution is -0.137. The molecule has 0 amide bonds. The summed E-state index contributed by atoms with van der Waals surface area (Å²) < 4.78 is 57.4. The van der Waals surface area contributed by atoms with E-state index in [0.717, 1.165) is 44.2 Å². The van der Waals surface area contributed by atoms with Crippen molar-refractivity contribution < 1.29 is 27.1 Å². The molecule has 0 aliphatic heterocycles. The van der Waals surface area contributed by atoms with Gasteiger partial charge in [-0.15, -0.1) is 0 Å². The second-order valence-corrected chi connectivity index (χ2v) is 11.5. The van der Waals surface area contributed by atoms with Crippen molar-refractivity contribution in [1.29, 1.82) is 0 Å². The first-order valence-corrected chi connectivity index (χ1v) is 16.4. The predicted molar refractivity (Wildman–Crippen MR) is 169 cm³/mol. The van der Waals surface area contributed by atoms with E-state index in [0.29, 0.717) is 41.2 Å². The van der Waals surface area contributed by atoms with Crippen LogP contribution in [0.25, 0.3) is 22.3 Å². The first-order chi connectivity index (χ1) is 20.8. The molecule has 3 rings (SSSR count). The van der Waals surface area contributed by atoms with E-state index in [-0.39, 0.29) is 11.2 Å². The predicted octanol–water partition coefficient (Wildman–Crippen LogP) is 11.5. The Bertz CT molecular complexity index is 1260. The number of halogens is 3. The molecular weight excluding hydrogens is 553 g/mol. The molecule has 0 radical (unpaired) electrons. The first-order valence-electron chi connectivity index (χ1n) is 16.4. The molecule has 238 valence electrons. The fourth-order valence-electron chi connectivity index (χ4n) is 5.24. The van der Waals surface area contributed by atoms with Gasteiger partial charge in [0, 0.05) is 23.8 Å². The lowest BCUT2D eigenvalue weighted by atomic mass is 10.1. The molecule has 7 heteroatoms. The third-order valence-corrected chi connectivity index (χ3v) is 7.79. The molecule has 4 nitrogen and oxygen atoms in total. The van der Waals surface area contributed by atoms with Crippen molar-refractivity contribution in [2.75, 3.05) is 13.2 Å². The van der Waals surface area contributed by atoms with Crippen molar-refractivity contribution in [3.8, 4) is 22.8 Å². The van der Waals surface area contributed by atoms with Crippen LogP contribution in [0.4, 0.5) is 13.2 Å². The van der Waals surface area contributed by atoms with Crippen molar-refractivity contribution in [1.82, 2.24) is 0 Å². The van der Waals surface area contributed by atoms with Gasteiger partial charge in [-0.3, -0.25) is 4.79 Å². The highest BCUT2D eigenvalue weighted by Gasteiger charge is 2.30. The van der Waals surface area contributed by atoms with Gasteiger partial charge in [0.05, 0.1) is 18.8 Å². The molecule has 0 bridgehead atoms. The largest absolute Gasteiger partial charge is 0.493 e. The normalized spacial score (nSPS) is 11.7. The van der Waals surface area contributed by atoms with E-state index in [1.54, 1.807) is 12.1 Å². The Morgan fingerprint density at radius 2 is 1.16 bits per heavy atom. The SMILES string of the molecule is CCCCCCCCCCOc1cc(OCCCCCCCCCC)c2c(=O)cc(-c3ccc(C(F)(F)F)cc3)oc2c1. The van der Waals surface area contributed by atoms with Gasteiger partial charge >= 0.3 is 6.18 Å². The monoisotopic (exact) mass is 602 g/mol. The number of hydrogen-bond acceptors (Lipinski definition) is 4. The minimum absolute atomic E-state index is 0.195. The summed E-state index contributed by atoms with van der Waals surface area (Å²) in [6.07, 6.45) is 14.5. The van der Waals surface area contributed by atoms with Crippen LogP contribution in [-0.2, 0) is 6.18 Å². The average Bonchev–Trinajstić information content (AvgIpc) is 2.98. The summed E-state index contributed by atoms with van der Waals surface area (Å²) in [5.41, 5.74) is -0.384. The van der Waals surface area contributed by atoms with E-state index < -0.39 is 11.7 Å². The van der Waals surface area contributed by atoms with Gasteiger partial charge in [0.2, 0.25) is 0 Å². The summed E-state index contributed by atoms with van der Waals surface area (Å²) in [6, 6.07) is 9.35. The number of alkyl halides is 3. The lowest BCUT2D eigenvalue weighted by Gasteiger charge is -2.13. The average molecular weight is 603 g/mol. The Balaban J connectivity index is 1.70. The second-order valence-electron chi connectivity index (χ2n) is 11.5. The Morgan fingerprint density at radius 1 is 0.651 bits per heavy atom. The van der Waals surface area contributed by atoms with Crippen LogP contribution < -0.4 is 14.9 Å². The fraction of sp³-hybridized carbons (Fsp3) is 0.583. The Morgan fingerprint density at radius 3 is 1.70 bits per heavy atom. The molecule has 43 heavy (non-hydrogen) atoms. The van der Waals surface area contributed by atoms with Crippen molar-refractivity contribution >= 4 is 11.0 Å². The number of fused-ring (bicyclic) bond motifs is 1. The van der Waals surface area contributed by atoms with E-state index in [1.165, 1.54) is 88.8 Å². The number of benzene rings is 2. The Labute approximate surface area is 255 Å². The smallest absolute Gasteiger partial charge is 0.416 e. The van der Waals surface area contributed by atoms with Gasteiger partial charge in [0.1, 0.15) is 28.2 Å². The van der Waals surface area contributed by atoms with Gasteiger partial charge in [0.15, 0.2) is 5.43 Å². The van der Waals surface area contributed by atoms with Crippen molar-refractivity contribution in [2.24, 2.45) is 0 Å². The first kappa shape index (κ1) is 34.5. The van der Waals surface area contributed by atoms with E-state index in [1.807, 2.05) is 0 Å². The van der Waals surface area contributed by atoms with Crippen molar-refractivity contribution in [2.45, 2.75) is 123 Å². The maximum Gasteiger partial charge on any atom is 0.416 e. The Hall–Kier alpha value is -2.96. The molecule has 0 aliphatic carbocycles. The number of ether oxygens (including phenoxy) is 2. The molecular formula is C36H49F3O4. The summed E-state index contributed by atoms with van der Waals surface area (Å²) in [7, 11) is 0. The van der Waals surface area contributed by atoms with Crippen LogP contribution in [0.15, 0.2) is 51.7 Å². The van der Waals surface area contributed by atoms with E-state index in [2.05, 4.69) is 13.8 Å². The zero-order valence-corrected chi connectivity index (χ0v) is 26.0. The number of rotatable bonds is 21. The highest BCUT2D eigenvalue weighted by Crippen LogP contribution is 2.34.